The molecule has 0 heterocycles. The van der Waals surface area contributed by atoms with Gasteiger partial charge < -0.3 is 15.2 Å². The van der Waals surface area contributed by atoms with Gasteiger partial charge in [0, 0.05) is 0 Å². The number of rotatable bonds is 7. The molecule has 0 saturated carbocycles. The van der Waals surface area contributed by atoms with Crippen LogP contribution in [0, 0.1) is 5.92 Å². The molecule has 0 fully saturated rings. The Bertz CT molecular complexity index is 577. The second-order valence-corrected chi connectivity index (χ2v) is 6.40. The van der Waals surface area contributed by atoms with E-state index in [1.807, 2.05) is 0 Å². The lowest BCUT2D eigenvalue weighted by molar-refractivity contribution is -0.163. The molecule has 6 nitrogen and oxygen atoms in total. The third-order valence-corrected chi connectivity index (χ3v) is 3.18. The van der Waals surface area contributed by atoms with Gasteiger partial charge in [-0.3, -0.25) is 14.4 Å². The van der Waals surface area contributed by atoms with E-state index in [0.717, 1.165) is 0 Å². The Morgan fingerprint density at radius 2 is 1.71 bits per heavy atom. The van der Waals surface area contributed by atoms with Crippen LogP contribution >= 0.6 is 0 Å². The van der Waals surface area contributed by atoms with E-state index in [-0.39, 0.29) is 6.61 Å². The molecular weight excluding hydrogens is 310 g/mol. The van der Waals surface area contributed by atoms with Crippen LogP contribution in [0.3, 0.4) is 0 Å². The molecule has 2 unspecified atom stereocenters. The minimum atomic E-state index is -1.27. The fraction of sp³-hybridized carbons (Fsp3) is 0.500. The summed E-state index contributed by atoms with van der Waals surface area (Å²) in [5.41, 5.74) is 5.98. The first-order chi connectivity index (χ1) is 11.2. The summed E-state index contributed by atoms with van der Waals surface area (Å²) in [4.78, 5) is 36.6. The number of carbonyl (C=O) groups excluding carboxylic acids is 3. The van der Waals surface area contributed by atoms with Crippen molar-refractivity contribution in [2.45, 2.75) is 45.8 Å². The lowest BCUT2D eigenvalue weighted by Crippen LogP contribution is -2.40. The quantitative estimate of drug-likeness (QED) is 0.606. The number of carbonyl (C=O) groups is 3. The van der Waals surface area contributed by atoms with E-state index in [2.05, 4.69) is 0 Å². The molecular formula is C18H25NO5. The molecule has 2 N–H and O–H groups in total. The lowest BCUT2D eigenvalue weighted by atomic mass is 9.88. The molecule has 0 amide bonds. The van der Waals surface area contributed by atoms with E-state index in [9.17, 15) is 14.4 Å². The number of ketones is 1. The second kappa shape index (κ2) is 8.59. The fourth-order valence-corrected chi connectivity index (χ4v) is 2.18. The third-order valence-electron chi connectivity index (χ3n) is 3.18. The Labute approximate surface area is 142 Å². The summed E-state index contributed by atoms with van der Waals surface area (Å²) in [5.74, 6) is -3.31. The maximum Gasteiger partial charge on any atom is 0.318 e. The first kappa shape index (κ1) is 19.8. The minimum absolute atomic E-state index is 0.161. The molecule has 2 atom stereocenters. The Morgan fingerprint density at radius 1 is 1.12 bits per heavy atom. The van der Waals surface area contributed by atoms with Crippen molar-refractivity contribution in [2.75, 3.05) is 6.61 Å². The van der Waals surface area contributed by atoms with E-state index in [1.165, 1.54) is 0 Å². The van der Waals surface area contributed by atoms with Gasteiger partial charge in [0.2, 0.25) is 0 Å². The zero-order chi connectivity index (χ0) is 18.3. The molecule has 1 rings (SSSR count). The lowest BCUT2D eigenvalue weighted by Gasteiger charge is -2.26. The molecule has 0 radical (unpaired) electrons. The van der Waals surface area contributed by atoms with Crippen LogP contribution < -0.4 is 5.73 Å². The van der Waals surface area contributed by atoms with E-state index >= 15 is 0 Å². The van der Waals surface area contributed by atoms with Gasteiger partial charge >= 0.3 is 11.9 Å². The smallest absolute Gasteiger partial charge is 0.318 e. The van der Waals surface area contributed by atoms with Crippen molar-refractivity contribution in [1.29, 1.82) is 0 Å². The van der Waals surface area contributed by atoms with Crippen molar-refractivity contribution < 1.29 is 23.9 Å². The molecule has 132 valence electrons. The van der Waals surface area contributed by atoms with Crippen molar-refractivity contribution >= 4 is 17.7 Å². The number of hydrogen-bond donors (Lipinski definition) is 1. The average molecular weight is 335 g/mol. The topological polar surface area (TPSA) is 95.7 Å². The summed E-state index contributed by atoms with van der Waals surface area (Å²) in [6.07, 6.45) is -0.516. The van der Waals surface area contributed by atoms with Crippen molar-refractivity contribution in [2.24, 2.45) is 11.7 Å². The molecule has 0 aliphatic heterocycles. The summed E-state index contributed by atoms with van der Waals surface area (Å²) >= 11 is 0. The summed E-state index contributed by atoms with van der Waals surface area (Å²) in [6.45, 7) is 6.90. The summed E-state index contributed by atoms with van der Waals surface area (Å²) in [6, 6.07) is 7.87. The largest absolute Gasteiger partial charge is 0.466 e. The maximum atomic E-state index is 12.5. The second-order valence-electron chi connectivity index (χ2n) is 6.40. The van der Waals surface area contributed by atoms with E-state index in [4.69, 9.17) is 15.2 Å². The van der Waals surface area contributed by atoms with E-state index in [0.29, 0.717) is 5.56 Å². The number of Topliss-reactive ketones (excluding diaryl/α,β-unsaturated/α-hetero) is 1. The molecule has 1 aromatic rings. The molecule has 0 aliphatic carbocycles. The normalized spacial score (nSPS) is 13.7. The third kappa shape index (κ3) is 6.12. The number of hydrogen-bond acceptors (Lipinski definition) is 6. The highest BCUT2D eigenvalue weighted by atomic mass is 16.6. The van der Waals surface area contributed by atoms with Gasteiger partial charge in [0.05, 0.1) is 12.6 Å². The Hall–Kier alpha value is -2.21. The van der Waals surface area contributed by atoms with Crippen molar-refractivity contribution in [3.05, 3.63) is 35.9 Å². The molecule has 1 aromatic carbocycles. The predicted molar refractivity (Wildman–Crippen MR) is 89.0 cm³/mol. The van der Waals surface area contributed by atoms with E-state index < -0.39 is 41.7 Å². The SMILES string of the molecule is CCOC(=O)CC(=O)C(C(=O)OC(C)(C)C)C(N)c1ccccc1. The van der Waals surface area contributed by atoms with Gasteiger partial charge in [0.1, 0.15) is 17.9 Å². The van der Waals surface area contributed by atoms with Gasteiger partial charge in [0.25, 0.3) is 0 Å². The van der Waals surface area contributed by atoms with Gasteiger partial charge in [-0.15, -0.1) is 0 Å². The molecule has 24 heavy (non-hydrogen) atoms. The van der Waals surface area contributed by atoms with Crippen LogP contribution in [0.25, 0.3) is 0 Å². The predicted octanol–water partition coefficient (Wildman–Crippen LogP) is 2.17. The highest BCUT2D eigenvalue weighted by Gasteiger charge is 2.37. The van der Waals surface area contributed by atoms with Crippen LogP contribution in [-0.4, -0.2) is 29.9 Å². The molecule has 0 saturated heterocycles. The Kier molecular flexibility index (Phi) is 7.10. The molecule has 0 aromatic heterocycles. The van der Waals surface area contributed by atoms with Crippen LogP contribution in [0.2, 0.25) is 0 Å². The highest BCUT2D eigenvalue weighted by molar-refractivity contribution is 6.06. The number of esters is 2. The van der Waals surface area contributed by atoms with Crippen LogP contribution in [0.15, 0.2) is 30.3 Å². The van der Waals surface area contributed by atoms with Gasteiger partial charge in [0.15, 0.2) is 5.78 Å². The zero-order valence-corrected chi connectivity index (χ0v) is 14.6. The van der Waals surface area contributed by atoms with Gasteiger partial charge in [-0.1, -0.05) is 30.3 Å². The molecule has 0 bridgehead atoms. The highest BCUT2D eigenvalue weighted by Crippen LogP contribution is 2.25. The fourth-order valence-electron chi connectivity index (χ4n) is 2.18. The first-order valence-electron chi connectivity index (χ1n) is 7.87. The van der Waals surface area contributed by atoms with Crippen LogP contribution in [0.1, 0.15) is 45.7 Å². The minimum Gasteiger partial charge on any atom is -0.466 e. The zero-order valence-electron chi connectivity index (χ0n) is 14.6. The molecule has 6 heteroatoms. The van der Waals surface area contributed by atoms with Crippen molar-refractivity contribution in [3.8, 4) is 0 Å². The standard InChI is InChI=1S/C18H25NO5/c1-5-23-14(21)11-13(20)15(17(22)24-18(2,3)4)16(19)12-9-7-6-8-10-12/h6-10,15-16H,5,11,19H2,1-4H3. The Morgan fingerprint density at radius 3 is 2.21 bits per heavy atom. The van der Waals surface area contributed by atoms with Crippen LogP contribution in [-0.2, 0) is 23.9 Å². The monoisotopic (exact) mass is 335 g/mol. The maximum absolute atomic E-state index is 12.5. The summed E-state index contributed by atoms with van der Waals surface area (Å²) in [5, 5.41) is 0. The average Bonchev–Trinajstić information content (AvgIpc) is 2.46. The van der Waals surface area contributed by atoms with Crippen molar-refractivity contribution in [3.63, 3.8) is 0 Å². The first-order valence-corrected chi connectivity index (χ1v) is 7.87. The van der Waals surface area contributed by atoms with Crippen LogP contribution in [0.4, 0.5) is 0 Å². The number of nitrogens with two attached hydrogens (primary N) is 1. The number of ether oxygens (including phenoxy) is 2. The van der Waals surface area contributed by atoms with E-state index in [1.54, 1.807) is 58.0 Å². The summed E-state index contributed by atoms with van der Waals surface area (Å²) in [7, 11) is 0. The number of benzene rings is 1. The van der Waals surface area contributed by atoms with Gasteiger partial charge in [-0.2, -0.15) is 0 Å². The van der Waals surface area contributed by atoms with Crippen LogP contribution in [0.5, 0.6) is 0 Å². The molecule has 0 spiro atoms. The van der Waals surface area contributed by atoms with Crippen molar-refractivity contribution in [1.82, 2.24) is 0 Å². The Balaban J connectivity index is 3.04. The molecule has 0 aliphatic rings. The van der Waals surface area contributed by atoms with Gasteiger partial charge in [-0.25, -0.2) is 0 Å². The summed E-state index contributed by atoms with van der Waals surface area (Å²) < 4.78 is 10.1. The van der Waals surface area contributed by atoms with Gasteiger partial charge in [-0.05, 0) is 33.3 Å².